The van der Waals surface area contributed by atoms with E-state index in [1.165, 1.54) is 13.2 Å². The van der Waals surface area contributed by atoms with Crippen LogP contribution in [-0.4, -0.2) is 33.6 Å². The highest BCUT2D eigenvalue weighted by atomic mass is 19.1. The molecule has 2 heterocycles. The van der Waals surface area contributed by atoms with Crippen molar-refractivity contribution in [3.8, 4) is 17.1 Å². The van der Waals surface area contributed by atoms with Crippen LogP contribution in [-0.2, 0) is 26.1 Å². The number of aliphatic hydroxyl groups is 1. The van der Waals surface area contributed by atoms with E-state index in [0.29, 0.717) is 0 Å². The number of methoxy groups -OCH3 is 1. The van der Waals surface area contributed by atoms with Crippen molar-refractivity contribution >= 4 is 0 Å². The molecule has 0 radical (unpaired) electrons. The fraction of sp³-hybridized carbons (Fsp3) is 0.286. The lowest BCUT2D eigenvalue weighted by atomic mass is 10.1. The minimum Gasteiger partial charge on any atom is -0.494 e. The highest BCUT2D eigenvalue weighted by Gasteiger charge is 2.21. The molecule has 140 valence electrons. The number of nitrogens with zero attached hydrogens (tertiary/aromatic N) is 2. The van der Waals surface area contributed by atoms with Gasteiger partial charge in [0.1, 0.15) is 5.82 Å². The molecule has 0 saturated heterocycles. The average Bonchev–Trinajstić information content (AvgIpc) is 3.13. The molecule has 1 aliphatic heterocycles. The van der Waals surface area contributed by atoms with Crippen LogP contribution >= 0.6 is 0 Å². The summed E-state index contributed by atoms with van der Waals surface area (Å²) in [5.41, 5.74) is 5.07. The second kappa shape index (κ2) is 7.50. The lowest BCUT2D eigenvalue weighted by molar-refractivity contribution is 0.241. The third kappa shape index (κ3) is 3.72. The van der Waals surface area contributed by atoms with Crippen molar-refractivity contribution in [1.82, 2.24) is 14.9 Å². The Balaban J connectivity index is 1.51. The summed E-state index contributed by atoms with van der Waals surface area (Å²) >= 11 is 0. The number of imidazole rings is 1. The van der Waals surface area contributed by atoms with E-state index in [2.05, 4.69) is 9.88 Å². The first-order valence-corrected chi connectivity index (χ1v) is 8.99. The zero-order valence-corrected chi connectivity index (χ0v) is 15.2. The number of aromatic amines is 1. The van der Waals surface area contributed by atoms with Gasteiger partial charge in [0.2, 0.25) is 0 Å². The first kappa shape index (κ1) is 17.7. The van der Waals surface area contributed by atoms with E-state index in [9.17, 15) is 9.50 Å². The smallest absolute Gasteiger partial charge is 0.165 e. The third-order valence-electron chi connectivity index (χ3n) is 4.92. The number of halogens is 1. The molecule has 1 aromatic heterocycles. The molecule has 0 fully saturated rings. The van der Waals surface area contributed by atoms with Gasteiger partial charge < -0.3 is 14.8 Å². The Kier molecular flexibility index (Phi) is 4.92. The Morgan fingerprint density at radius 2 is 2.11 bits per heavy atom. The maximum Gasteiger partial charge on any atom is 0.165 e. The van der Waals surface area contributed by atoms with Crippen LogP contribution < -0.4 is 4.74 Å². The SMILES string of the molecule is COc1cc(CN2CCc3nc(-c4cccc(CO)c4)[nH]c3C2)ccc1F. The number of rotatable bonds is 5. The van der Waals surface area contributed by atoms with Crippen molar-refractivity contribution in [2.45, 2.75) is 26.1 Å². The first-order valence-electron chi connectivity index (χ1n) is 8.99. The van der Waals surface area contributed by atoms with Crippen LogP contribution in [0.4, 0.5) is 4.39 Å². The number of benzene rings is 2. The van der Waals surface area contributed by atoms with E-state index >= 15 is 0 Å². The van der Waals surface area contributed by atoms with Gasteiger partial charge in [-0.1, -0.05) is 24.3 Å². The van der Waals surface area contributed by atoms with Crippen LogP contribution in [0.5, 0.6) is 5.75 Å². The summed E-state index contributed by atoms with van der Waals surface area (Å²) in [6, 6.07) is 12.8. The predicted molar refractivity (Wildman–Crippen MR) is 101 cm³/mol. The average molecular weight is 367 g/mol. The summed E-state index contributed by atoms with van der Waals surface area (Å²) in [5.74, 6) is 0.767. The van der Waals surface area contributed by atoms with Crippen molar-refractivity contribution in [3.63, 3.8) is 0 Å². The van der Waals surface area contributed by atoms with Gasteiger partial charge in [0.25, 0.3) is 0 Å². The van der Waals surface area contributed by atoms with Gasteiger partial charge in [0, 0.05) is 31.6 Å². The van der Waals surface area contributed by atoms with Crippen molar-refractivity contribution in [3.05, 3.63) is 70.8 Å². The van der Waals surface area contributed by atoms with Gasteiger partial charge in [-0.25, -0.2) is 9.37 Å². The highest BCUT2D eigenvalue weighted by molar-refractivity contribution is 5.57. The van der Waals surface area contributed by atoms with Crippen LogP contribution in [0.3, 0.4) is 0 Å². The summed E-state index contributed by atoms with van der Waals surface area (Å²) in [5, 5.41) is 9.33. The molecule has 6 heteroatoms. The molecule has 2 aromatic carbocycles. The van der Waals surface area contributed by atoms with Crippen molar-refractivity contribution < 1.29 is 14.2 Å². The third-order valence-corrected chi connectivity index (χ3v) is 4.92. The van der Waals surface area contributed by atoms with E-state index in [1.54, 1.807) is 12.1 Å². The van der Waals surface area contributed by atoms with E-state index in [0.717, 1.165) is 60.0 Å². The van der Waals surface area contributed by atoms with Crippen molar-refractivity contribution in [1.29, 1.82) is 0 Å². The van der Waals surface area contributed by atoms with Crippen LogP contribution in [0.1, 0.15) is 22.5 Å². The first-order chi connectivity index (χ1) is 13.2. The van der Waals surface area contributed by atoms with E-state index < -0.39 is 0 Å². The Morgan fingerprint density at radius 3 is 2.93 bits per heavy atom. The summed E-state index contributed by atoms with van der Waals surface area (Å²) in [6.07, 6.45) is 0.865. The fourth-order valence-corrected chi connectivity index (χ4v) is 3.50. The standard InChI is InChI=1S/C21H22FN3O2/c1-27-20-10-14(5-6-17(20)22)11-25-8-7-18-19(12-25)24-21(23-18)16-4-2-3-15(9-16)13-26/h2-6,9-10,26H,7-8,11-13H2,1H3,(H,23,24). The molecular formula is C21H22FN3O2. The van der Waals surface area contributed by atoms with Gasteiger partial charge in [0.05, 0.1) is 25.1 Å². The van der Waals surface area contributed by atoms with Crippen molar-refractivity contribution in [2.24, 2.45) is 0 Å². The number of aromatic nitrogens is 2. The summed E-state index contributed by atoms with van der Waals surface area (Å²) < 4.78 is 18.7. The Hall–Kier alpha value is -2.70. The summed E-state index contributed by atoms with van der Waals surface area (Å²) in [4.78, 5) is 10.5. The Labute approximate surface area is 157 Å². The molecule has 4 rings (SSSR count). The lowest BCUT2D eigenvalue weighted by Crippen LogP contribution is -2.30. The topological polar surface area (TPSA) is 61.4 Å². The summed E-state index contributed by atoms with van der Waals surface area (Å²) in [6.45, 7) is 2.41. The Bertz CT molecular complexity index is 954. The molecule has 0 atom stereocenters. The van der Waals surface area contributed by atoms with E-state index in [4.69, 9.17) is 9.72 Å². The molecule has 3 aromatic rings. The van der Waals surface area contributed by atoms with Gasteiger partial charge in [-0.15, -0.1) is 0 Å². The minimum absolute atomic E-state index is 0.0170. The van der Waals surface area contributed by atoms with Gasteiger partial charge in [-0.05, 0) is 29.3 Å². The fourth-order valence-electron chi connectivity index (χ4n) is 3.50. The predicted octanol–water partition coefficient (Wildman–Crippen LogP) is 3.28. The Morgan fingerprint density at radius 1 is 1.22 bits per heavy atom. The number of aliphatic hydroxyl groups excluding tert-OH is 1. The molecule has 0 amide bonds. The molecule has 2 N–H and O–H groups in total. The molecule has 0 bridgehead atoms. The van der Waals surface area contributed by atoms with Crippen LogP contribution in [0.25, 0.3) is 11.4 Å². The van der Waals surface area contributed by atoms with Crippen LogP contribution in [0, 0.1) is 5.82 Å². The van der Waals surface area contributed by atoms with Crippen LogP contribution in [0.15, 0.2) is 42.5 Å². The zero-order chi connectivity index (χ0) is 18.8. The molecule has 5 nitrogen and oxygen atoms in total. The summed E-state index contributed by atoms with van der Waals surface area (Å²) in [7, 11) is 1.48. The van der Waals surface area contributed by atoms with E-state index in [-0.39, 0.29) is 18.2 Å². The number of fused-ring (bicyclic) bond motifs is 1. The molecule has 1 aliphatic rings. The number of nitrogens with one attached hydrogen (secondary N) is 1. The normalized spacial score (nSPS) is 14.2. The second-order valence-corrected chi connectivity index (χ2v) is 6.80. The molecule has 0 unspecified atom stereocenters. The molecule has 0 spiro atoms. The minimum atomic E-state index is -0.342. The van der Waals surface area contributed by atoms with Crippen molar-refractivity contribution in [2.75, 3.05) is 13.7 Å². The number of hydrogen-bond donors (Lipinski definition) is 2. The van der Waals surface area contributed by atoms with Gasteiger partial charge in [0.15, 0.2) is 11.6 Å². The molecule has 0 aliphatic carbocycles. The zero-order valence-electron chi connectivity index (χ0n) is 15.2. The maximum absolute atomic E-state index is 13.6. The number of ether oxygens (including phenoxy) is 1. The van der Waals surface area contributed by atoms with Gasteiger partial charge in [-0.3, -0.25) is 4.90 Å². The number of H-pyrrole nitrogens is 1. The van der Waals surface area contributed by atoms with Gasteiger partial charge >= 0.3 is 0 Å². The molecular weight excluding hydrogens is 345 g/mol. The second-order valence-electron chi connectivity index (χ2n) is 6.80. The maximum atomic E-state index is 13.6. The highest BCUT2D eigenvalue weighted by Crippen LogP contribution is 2.25. The van der Waals surface area contributed by atoms with Gasteiger partial charge in [-0.2, -0.15) is 0 Å². The lowest BCUT2D eigenvalue weighted by Gasteiger charge is -2.26. The quantitative estimate of drug-likeness (QED) is 0.727. The molecule has 0 saturated carbocycles. The van der Waals surface area contributed by atoms with Crippen LogP contribution in [0.2, 0.25) is 0 Å². The largest absolute Gasteiger partial charge is 0.494 e. The van der Waals surface area contributed by atoms with E-state index in [1.807, 2.05) is 24.3 Å². The monoisotopic (exact) mass is 367 g/mol. The number of hydrogen-bond acceptors (Lipinski definition) is 4. The molecule has 27 heavy (non-hydrogen) atoms.